The number of hydrogen-bond acceptors (Lipinski definition) is 6. The lowest BCUT2D eigenvalue weighted by atomic mass is 10.1. The maximum absolute atomic E-state index is 13.1. The van der Waals surface area contributed by atoms with Crippen molar-refractivity contribution in [2.45, 2.75) is 25.7 Å². The molecular weight excluding hydrogens is 570 g/mol. The van der Waals surface area contributed by atoms with Crippen molar-refractivity contribution in [1.82, 2.24) is 0 Å². The van der Waals surface area contributed by atoms with Crippen molar-refractivity contribution in [2.75, 3.05) is 26.0 Å². The summed E-state index contributed by atoms with van der Waals surface area (Å²) in [6, 6.07) is 22.0. The summed E-state index contributed by atoms with van der Waals surface area (Å²) in [5.41, 5.74) is 2.73. The zero-order valence-corrected chi connectivity index (χ0v) is 24.3. The molecule has 0 aliphatic heterocycles. The molecule has 0 bridgehead atoms. The molecule has 0 saturated carbocycles. The number of ketones is 2. The molecule has 4 aromatic carbocycles. The van der Waals surface area contributed by atoms with Gasteiger partial charge in [-0.2, -0.15) is 0 Å². The van der Waals surface area contributed by atoms with Crippen LogP contribution in [0, 0.1) is 6.92 Å². The van der Waals surface area contributed by atoms with Crippen molar-refractivity contribution >= 4 is 62.1 Å². The van der Waals surface area contributed by atoms with E-state index < -0.39 is 22.1 Å². The van der Waals surface area contributed by atoms with Gasteiger partial charge >= 0.3 is 12.1 Å². The van der Waals surface area contributed by atoms with E-state index in [1.54, 1.807) is 73.7 Å². The third-order valence-electron chi connectivity index (χ3n) is 6.25. The van der Waals surface area contributed by atoms with Gasteiger partial charge < -0.3 is 21.3 Å². The fourth-order valence-electron chi connectivity index (χ4n) is 4.03. The largest absolute Gasteiger partial charge is 0.323 e. The van der Waals surface area contributed by atoms with Crippen molar-refractivity contribution < 1.29 is 27.6 Å². The van der Waals surface area contributed by atoms with E-state index in [4.69, 9.17) is 0 Å². The Morgan fingerprint density at radius 2 is 1.02 bits per heavy atom. The SMILES string of the molecule is CC(=O)c1ccc(NC(=O)Nc2ccc(NS(=O)(=O)c3ccccc3C)cc2NC(=O)Nc2ccc(C(C)=O)cc2)cc1. The van der Waals surface area contributed by atoms with Crippen molar-refractivity contribution in [2.24, 2.45) is 0 Å². The topological polar surface area (TPSA) is 163 Å². The first-order chi connectivity index (χ1) is 20.4. The first-order valence-electron chi connectivity index (χ1n) is 13.0. The molecule has 0 fully saturated rings. The van der Waals surface area contributed by atoms with Crippen LogP contribution >= 0.6 is 0 Å². The zero-order chi connectivity index (χ0) is 31.1. The molecule has 4 aromatic rings. The average molecular weight is 600 g/mol. The van der Waals surface area contributed by atoms with Gasteiger partial charge in [-0.15, -0.1) is 0 Å². The van der Waals surface area contributed by atoms with Gasteiger partial charge in [0.15, 0.2) is 11.6 Å². The molecule has 0 aliphatic rings. The fourth-order valence-corrected chi connectivity index (χ4v) is 5.33. The van der Waals surface area contributed by atoms with Gasteiger partial charge in [0.05, 0.1) is 22.0 Å². The molecule has 43 heavy (non-hydrogen) atoms. The standard InChI is InChI=1S/C31H29N5O6S/c1-19-6-4-5-7-29(19)43(41,42)36-26-16-17-27(34-30(39)32-24-12-8-22(9-13-24)20(2)37)28(18-26)35-31(40)33-25-14-10-23(11-15-25)21(3)38/h4-18,36H,1-3H3,(H2,32,34,39)(H2,33,35,40). The van der Waals surface area contributed by atoms with E-state index in [9.17, 15) is 27.6 Å². The Balaban J connectivity index is 1.57. The van der Waals surface area contributed by atoms with Crippen molar-refractivity contribution in [3.63, 3.8) is 0 Å². The average Bonchev–Trinajstić information content (AvgIpc) is 2.95. The van der Waals surface area contributed by atoms with Crippen LogP contribution in [-0.2, 0) is 10.0 Å². The molecule has 0 aliphatic carbocycles. The van der Waals surface area contributed by atoms with E-state index >= 15 is 0 Å². The number of hydrogen-bond donors (Lipinski definition) is 5. The quantitative estimate of drug-likeness (QED) is 0.138. The fraction of sp³-hybridized carbons (Fsp3) is 0.0968. The molecule has 4 rings (SSSR count). The van der Waals surface area contributed by atoms with Crippen LogP contribution in [0.15, 0.2) is 95.9 Å². The summed E-state index contributed by atoms with van der Waals surface area (Å²) in [7, 11) is -3.96. The number of carbonyl (C=O) groups is 4. The first-order valence-corrected chi connectivity index (χ1v) is 14.5. The van der Waals surface area contributed by atoms with Crippen LogP contribution in [-0.4, -0.2) is 32.0 Å². The summed E-state index contributed by atoms with van der Waals surface area (Å²) in [5.74, 6) is -0.234. The van der Waals surface area contributed by atoms with Gasteiger partial charge in [-0.1, -0.05) is 18.2 Å². The van der Waals surface area contributed by atoms with E-state index in [2.05, 4.69) is 26.0 Å². The van der Waals surface area contributed by atoms with Gasteiger partial charge in [0.2, 0.25) is 0 Å². The number of aryl methyl sites for hydroxylation is 1. The van der Waals surface area contributed by atoms with Crippen LogP contribution in [0.4, 0.5) is 38.0 Å². The molecule has 0 spiro atoms. The third-order valence-corrected chi connectivity index (χ3v) is 7.79. The molecule has 5 N–H and O–H groups in total. The lowest BCUT2D eigenvalue weighted by molar-refractivity contribution is 0.100. The second-order valence-electron chi connectivity index (χ2n) is 9.56. The summed E-state index contributed by atoms with van der Waals surface area (Å²) < 4.78 is 28.6. The monoisotopic (exact) mass is 599 g/mol. The summed E-state index contributed by atoms with van der Waals surface area (Å²) in [5, 5.41) is 10.6. The minimum Gasteiger partial charge on any atom is -0.308 e. The Bertz CT molecular complexity index is 1800. The van der Waals surface area contributed by atoms with Crippen molar-refractivity contribution in [3.05, 3.63) is 108 Å². The number of sulfonamides is 1. The summed E-state index contributed by atoms with van der Waals surface area (Å²) >= 11 is 0. The Hall–Kier alpha value is -5.49. The van der Waals surface area contributed by atoms with Crippen LogP contribution in [0.3, 0.4) is 0 Å². The van der Waals surface area contributed by atoms with E-state index in [0.29, 0.717) is 28.1 Å². The van der Waals surface area contributed by atoms with Gasteiger partial charge in [0.25, 0.3) is 10.0 Å². The Labute approximate surface area is 248 Å². The molecule has 220 valence electrons. The van der Waals surface area contributed by atoms with Gasteiger partial charge in [0, 0.05) is 22.5 Å². The van der Waals surface area contributed by atoms with Crippen molar-refractivity contribution in [3.8, 4) is 0 Å². The lowest BCUT2D eigenvalue weighted by Crippen LogP contribution is -2.23. The smallest absolute Gasteiger partial charge is 0.308 e. The Morgan fingerprint density at radius 1 is 0.558 bits per heavy atom. The van der Waals surface area contributed by atoms with Crippen LogP contribution in [0.25, 0.3) is 0 Å². The molecule has 12 heteroatoms. The van der Waals surface area contributed by atoms with Crippen LogP contribution < -0.4 is 26.0 Å². The number of Topliss-reactive ketones (excluding diaryl/α,β-unsaturated/α-hetero) is 2. The summed E-state index contributed by atoms with van der Waals surface area (Å²) in [6.45, 7) is 4.54. The predicted octanol–water partition coefficient (Wildman–Crippen LogP) is 6.49. The third kappa shape index (κ3) is 8.05. The molecule has 0 radical (unpaired) electrons. The van der Waals surface area contributed by atoms with Crippen LogP contribution in [0.1, 0.15) is 40.1 Å². The van der Waals surface area contributed by atoms with E-state index in [-0.39, 0.29) is 33.5 Å². The second-order valence-corrected chi connectivity index (χ2v) is 11.2. The normalized spacial score (nSPS) is 10.8. The Morgan fingerprint density at radius 3 is 1.51 bits per heavy atom. The molecular formula is C31H29N5O6S. The number of urea groups is 2. The minimum absolute atomic E-state index is 0.0879. The van der Waals surface area contributed by atoms with Crippen LogP contribution in [0.5, 0.6) is 0 Å². The van der Waals surface area contributed by atoms with E-state index in [1.807, 2.05) is 0 Å². The number of nitrogens with one attached hydrogen (secondary N) is 5. The molecule has 0 heterocycles. The highest BCUT2D eigenvalue weighted by Crippen LogP contribution is 2.29. The van der Waals surface area contributed by atoms with Gasteiger partial charge in [0.1, 0.15) is 0 Å². The zero-order valence-electron chi connectivity index (χ0n) is 23.5. The first kappa shape index (κ1) is 30.5. The molecule has 0 unspecified atom stereocenters. The number of anilines is 5. The highest BCUT2D eigenvalue weighted by atomic mass is 32.2. The highest BCUT2D eigenvalue weighted by Gasteiger charge is 2.18. The molecule has 0 aromatic heterocycles. The highest BCUT2D eigenvalue weighted by molar-refractivity contribution is 7.92. The van der Waals surface area contributed by atoms with Crippen molar-refractivity contribution in [1.29, 1.82) is 0 Å². The van der Waals surface area contributed by atoms with E-state index in [1.165, 1.54) is 38.1 Å². The molecule has 4 amide bonds. The maximum atomic E-state index is 13.1. The maximum Gasteiger partial charge on any atom is 0.323 e. The molecule has 0 atom stereocenters. The van der Waals surface area contributed by atoms with Gasteiger partial charge in [-0.05, 0) is 99.1 Å². The molecule has 0 saturated heterocycles. The predicted molar refractivity (Wildman–Crippen MR) is 167 cm³/mol. The second kappa shape index (κ2) is 13.0. The van der Waals surface area contributed by atoms with Crippen LogP contribution in [0.2, 0.25) is 0 Å². The lowest BCUT2D eigenvalue weighted by Gasteiger charge is -2.16. The van der Waals surface area contributed by atoms with E-state index in [0.717, 1.165) is 0 Å². The number of carbonyl (C=O) groups excluding carboxylic acids is 4. The number of amides is 4. The molecule has 11 nitrogen and oxygen atoms in total. The number of benzene rings is 4. The van der Waals surface area contributed by atoms with Gasteiger partial charge in [-0.3, -0.25) is 14.3 Å². The number of rotatable bonds is 9. The minimum atomic E-state index is -3.96. The Kier molecular flexibility index (Phi) is 9.21. The summed E-state index contributed by atoms with van der Waals surface area (Å²) in [4.78, 5) is 48.8. The summed E-state index contributed by atoms with van der Waals surface area (Å²) in [6.07, 6.45) is 0. The van der Waals surface area contributed by atoms with Gasteiger partial charge in [-0.25, -0.2) is 18.0 Å².